The molecular formula is C16H20N2O. The van der Waals surface area contributed by atoms with Gasteiger partial charge in [-0.2, -0.15) is 0 Å². The summed E-state index contributed by atoms with van der Waals surface area (Å²) in [6.07, 6.45) is 2.96. The molecule has 0 unspecified atom stereocenters. The van der Waals surface area contributed by atoms with E-state index in [1.807, 2.05) is 30.5 Å². The lowest BCUT2D eigenvalue weighted by Crippen LogP contribution is -2.02. The molecule has 0 bridgehead atoms. The number of nitrogens with zero attached hydrogens (tertiary/aromatic N) is 1. The molecule has 3 nitrogen and oxygen atoms in total. The van der Waals surface area contributed by atoms with Crippen molar-refractivity contribution >= 4 is 5.82 Å². The number of rotatable bonds is 7. The molecule has 1 aromatic carbocycles. The summed E-state index contributed by atoms with van der Waals surface area (Å²) < 4.78 is 5.67. The van der Waals surface area contributed by atoms with Gasteiger partial charge >= 0.3 is 0 Å². The van der Waals surface area contributed by atoms with Crippen molar-refractivity contribution < 1.29 is 4.74 Å². The first kappa shape index (κ1) is 13.6. The molecule has 0 atom stereocenters. The van der Waals surface area contributed by atoms with E-state index in [1.54, 1.807) is 0 Å². The zero-order chi connectivity index (χ0) is 13.3. The maximum Gasteiger partial charge on any atom is 0.125 e. The van der Waals surface area contributed by atoms with Crippen molar-refractivity contribution in [1.29, 1.82) is 0 Å². The van der Waals surface area contributed by atoms with Gasteiger partial charge in [0.15, 0.2) is 0 Å². The van der Waals surface area contributed by atoms with Crippen LogP contribution in [0, 0.1) is 0 Å². The smallest absolute Gasteiger partial charge is 0.125 e. The second kappa shape index (κ2) is 7.54. The highest BCUT2D eigenvalue weighted by atomic mass is 16.5. The molecule has 1 heterocycles. The quantitative estimate of drug-likeness (QED) is 0.821. The minimum atomic E-state index is 0.593. The van der Waals surface area contributed by atoms with E-state index in [-0.39, 0.29) is 0 Å². The van der Waals surface area contributed by atoms with Crippen molar-refractivity contribution in [3.05, 3.63) is 59.8 Å². The van der Waals surface area contributed by atoms with Crippen molar-refractivity contribution in [2.24, 2.45) is 0 Å². The van der Waals surface area contributed by atoms with Crippen LogP contribution < -0.4 is 5.32 Å². The number of ether oxygens (including phenoxy) is 1. The fourth-order valence-electron chi connectivity index (χ4n) is 1.73. The van der Waals surface area contributed by atoms with Crippen molar-refractivity contribution in [2.45, 2.75) is 26.6 Å². The zero-order valence-corrected chi connectivity index (χ0v) is 11.3. The number of hydrogen-bond donors (Lipinski definition) is 1. The van der Waals surface area contributed by atoms with Gasteiger partial charge in [0.2, 0.25) is 0 Å². The van der Waals surface area contributed by atoms with E-state index < -0.39 is 0 Å². The van der Waals surface area contributed by atoms with E-state index in [1.165, 1.54) is 5.56 Å². The Balaban J connectivity index is 1.77. The summed E-state index contributed by atoms with van der Waals surface area (Å²) in [7, 11) is 0. The average molecular weight is 256 g/mol. The van der Waals surface area contributed by atoms with Crippen molar-refractivity contribution in [1.82, 2.24) is 4.98 Å². The van der Waals surface area contributed by atoms with E-state index >= 15 is 0 Å². The molecule has 3 heteroatoms. The Hall–Kier alpha value is -1.87. The molecule has 0 amide bonds. The van der Waals surface area contributed by atoms with Crippen LogP contribution in [0.15, 0.2) is 48.7 Å². The van der Waals surface area contributed by atoms with Crippen molar-refractivity contribution in [2.75, 3.05) is 11.9 Å². The predicted octanol–water partition coefficient (Wildman–Crippen LogP) is 3.62. The van der Waals surface area contributed by atoms with Gasteiger partial charge in [-0.15, -0.1) is 0 Å². The Kier molecular flexibility index (Phi) is 5.38. The zero-order valence-electron chi connectivity index (χ0n) is 11.3. The van der Waals surface area contributed by atoms with Gasteiger partial charge in [0.05, 0.1) is 13.2 Å². The van der Waals surface area contributed by atoms with Crippen molar-refractivity contribution in [3.63, 3.8) is 0 Å². The van der Waals surface area contributed by atoms with Gasteiger partial charge in [0, 0.05) is 12.7 Å². The number of benzene rings is 1. The minimum Gasteiger partial charge on any atom is -0.372 e. The highest BCUT2D eigenvalue weighted by Gasteiger charge is 1.97. The second-order valence-electron chi connectivity index (χ2n) is 4.46. The monoisotopic (exact) mass is 256 g/mol. The van der Waals surface area contributed by atoms with E-state index in [2.05, 4.69) is 35.4 Å². The van der Waals surface area contributed by atoms with Crippen LogP contribution in [0.5, 0.6) is 0 Å². The molecule has 1 N–H and O–H groups in total. The van der Waals surface area contributed by atoms with Gasteiger partial charge in [-0.1, -0.05) is 43.3 Å². The predicted molar refractivity (Wildman–Crippen MR) is 78.0 cm³/mol. The molecule has 0 aliphatic heterocycles. The van der Waals surface area contributed by atoms with Gasteiger partial charge in [-0.3, -0.25) is 0 Å². The summed E-state index contributed by atoms with van der Waals surface area (Å²) in [5.74, 6) is 0.925. The Bertz CT molecular complexity index is 468. The van der Waals surface area contributed by atoms with Crippen LogP contribution in [0.2, 0.25) is 0 Å². The van der Waals surface area contributed by atoms with Crippen LogP contribution >= 0.6 is 0 Å². The lowest BCUT2D eigenvalue weighted by Gasteiger charge is -2.06. The van der Waals surface area contributed by atoms with Crippen LogP contribution in [0.25, 0.3) is 0 Å². The van der Waals surface area contributed by atoms with E-state index in [9.17, 15) is 0 Å². The molecule has 0 saturated carbocycles. The largest absolute Gasteiger partial charge is 0.372 e. The number of pyridine rings is 1. The van der Waals surface area contributed by atoms with Gasteiger partial charge in [0.1, 0.15) is 5.82 Å². The molecule has 0 saturated heterocycles. The third-order valence-electron chi connectivity index (χ3n) is 2.76. The highest BCUT2D eigenvalue weighted by molar-refractivity contribution is 5.35. The Labute approximate surface area is 114 Å². The molecule has 0 fully saturated rings. The van der Waals surface area contributed by atoms with Gasteiger partial charge in [-0.05, 0) is 23.6 Å². The Morgan fingerprint density at radius 1 is 1.00 bits per heavy atom. The molecular weight excluding hydrogens is 236 g/mol. The molecule has 0 aliphatic rings. The molecule has 1 aromatic heterocycles. The number of aromatic nitrogens is 1. The Morgan fingerprint density at radius 2 is 1.79 bits per heavy atom. The average Bonchev–Trinajstić information content (AvgIpc) is 2.47. The lowest BCUT2D eigenvalue weighted by molar-refractivity contribution is 0.107. The van der Waals surface area contributed by atoms with Gasteiger partial charge < -0.3 is 10.1 Å². The van der Waals surface area contributed by atoms with Crippen molar-refractivity contribution in [3.8, 4) is 0 Å². The summed E-state index contributed by atoms with van der Waals surface area (Å²) in [4.78, 5) is 4.35. The van der Waals surface area contributed by atoms with Crippen LogP contribution in [0.4, 0.5) is 5.82 Å². The lowest BCUT2D eigenvalue weighted by atomic mass is 10.2. The van der Waals surface area contributed by atoms with E-state index in [4.69, 9.17) is 4.74 Å². The summed E-state index contributed by atoms with van der Waals surface area (Å²) in [5, 5.41) is 3.25. The molecule has 0 radical (unpaired) electrons. The maximum atomic E-state index is 5.67. The number of anilines is 1. The Morgan fingerprint density at radius 3 is 2.47 bits per heavy atom. The third kappa shape index (κ3) is 4.72. The minimum absolute atomic E-state index is 0.593. The summed E-state index contributed by atoms with van der Waals surface area (Å²) in [6.45, 7) is 4.32. The standard InChI is InChI=1S/C16H20N2O/c1-2-10-17-16-9-8-15(11-18-16)13-19-12-14-6-4-3-5-7-14/h3-9,11H,2,10,12-13H2,1H3,(H,17,18). The van der Waals surface area contributed by atoms with E-state index in [0.717, 1.165) is 24.3 Å². The van der Waals surface area contributed by atoms with Crippen LogP contribution in [0.3, 0.4) is 0 Å². The number of hydrogen-bond acceptors (Lipinski definition) is 3. The summed E-state index contributed by atoms with van der Waals surface area (Å²) >= 11 is 0. The van der Waals surface area contributed by atoms with Gasteiger partial charge in [-0.25, -0.2) is 4.98 Å². The highest BCUT2D eigenvalue weighted by Crippen LogP contribution is 2.08. The third-order valence-corrected chi connectivity index (χ3v) is 2.76. The second-order valence-corrected chi connectivity index (χ2v) is 4.46. The molecule has 0 spiro atoms. The molecule has 0 aliphatic carbocycles. The number of nitrogens with one attached hydrogen (secondary N) is 1. The first-order valence-corrected chi connectivity index (χ1v) is 6.69. The van der Waals surface area contributed by atoms with Gasteiger partial charge in [0.25, 0.3) is 0 Å². The van der Waals surface area contributed by atoms with Crippen LogP contribution in [0.1, 0.15) is 24.5 Å². The van der Waals surface area contributed by atoms with Crippen LogP contribution in [-0.4, -0.2) is 11.5 Å². The normalized spacial score (nSPS) is 10.4. The SMILES string of the molecule is CCCNc1ccc(COCc2ccccc2)cn1. The molecule has 2 aromatic rings. The van der Waals surface area contributed by atoms with Crippen LogP contribution in [-0.2, 0) is 18.0 Å². The molecule has 19 heavy (non-hydrogen) atoms. The first-order chi connectivity index (χ1) is 9.38. The van der Waals surface area contributed by atoms with E-state index in [0.29, 0.717) is 13.2 Å². The first-order valence-electron chi connectivity index (χ1n) is 6.69. The topological polar surface area (TPSA) is 34.1 Å². The summed E-state index contributed by atoms with van der Waals surface area (Å²) in [5.41, 5.74) is 2.29. The summed E-state index contributed by atoms with van der Waals surface area (Å²) in [6, 6.07) is 14.2. The maximum absolute atomic E-state index is 5.67. The molecule has 100 valence electrons. The fraction of sp³-hybridized carbons (Fsp3) is 0.312. The molecule has 2 rings (SSSR count). The fourth-order valence-corrected chi connectivity index (χ4v) is 1.73.